The second-order valence-electron chi connectivity index (χ2n) is 1.88. The third-order valence-corrected chi connectivity index (χ3v) is 0.985. The molecule has 0 saturated heterocycles. The monoisotopic (exact) mass is 132 g/mol. The zero-order chi connectivity index (χ0) is 8.85. The molecule has 1 N–H and O–H groups in total. The number of hydrogen-bond acceptors (Lipinski definition) is 1. The fourth-order valence-corrected chi connectivity index (χ4v) is 0.506. The molecular formula is C7H14O2. The number of hydrogen-bond donors (Lipinski definition) is 1. The first-order valence-electron chi connectivity index (χ1n) is 4.32. The van der Waals surface area contributed by atoms with Gasteiger partial charge >= 0.3 is 5.97 Å². The van der Waals surface area contributed by atoms with Gasteiger partial charge in [-0.3, -0.25) is 4.79 Å². The van der Waals surface area contributed by atoms with Crippen LogP contribution in [0.2, 0.25) is 0 Å². The lowest BCUT2D eigenvalue weighted by Gasteiger charge is -1.92. The molecule has 0 spiro atoms. The highest BCUT2D eigenvalue weighted by molar-refractivity contribution is 5.66. The zero-order valence-electron chi connectivity index (χ0n) is 7.63. The lowest BCUT2D eigenvalue weighted by atomic mass is 10.2. The van der Waals surface area contributed by atoms with E-state index in [4.69, 9.17) is 7.85 Å². The predicted molar refractivity (Wildman–Crippen MR) is 36.4 cm³/mol. The largest absolute Gasteiger partial charge is 0.481 e. The lowest BCUT2D eigenvalue weighted by molar-refractivity contribution is -0.137. The van der Waals surface area contributed by atoms with Crippen LogP contribution in [0, 0.1) is 0 Å². The summed E-state index contributed by atoms with van der Waals surface area (Å²) in [4.78, 5) is 10.2. The molecule has 0 amide bonds. The van der Waals surface area contributed by atoms with Gasteiger partial charge in [0.25, 0.3) is 0 Å². The van der Waals surface area contributed by atoms with Crippen molar-refractivity contribution >= 4 is 5.97 Å². The Morgan fingerprint density at radius 2 is 2.33 bits per heavy atom. The summed E-state index contributed by atoms with van der Waals surface area (Å²) in [5, 5.41) is 8.34. The number of carboxylic acid groups (broad SMARTS) is 1. The maximum Gasteiger partial charge on any atom is 0.303 e. The smallest absolute Gasteiger partial charge is 0.303 e. The average molecular weight is 132 g/mol. The van der Waals surface area contributed by atoms with E-state index in [1.807, 2.05) is 6.92 Å². The quantitative estimate of drug-likeness (QED) is 0.621. The van der Waals surface area contributed by atoms with Crippen LogP contribution < -0.4 is 0 Å². The number of carbonyl (C=O) groups is 1. The van der Waals surface area contributed by atoms with Gasteiger partial charge in [-0.05, 0) is 6.40 Å². The van der Waals surface area contributed by atoms with Gasteiger partial charge in [-0.15, -0.1) is 0 Å². The minimum Gasteiger partial charge on any atom is -0.481 e. The molecule has 0 bridgehead atoms. The molecule has 0 aromatic carbocycles. The van der Waals surface area contributed by atoms with Crippen LogP contribution in [0.1, 0.15) is 41.7 Å². The minimum absolute atomic E-state index is 0.511. The van der Waals surface area contributed by atoms with Gasteiger partial charge < -0.3 is 5.11 Å². The van der Waals surface area contributed by atoms with Crippen molar-refractivity contribution < 1.29 is 12.6 Å². The van der Waals surface area contributed by atoms with E-state index < -0.39 is 18.8 Å². The molecule has 0 aromatic heterocycles. The summed E-state index contributed by atoms with van der Waals surface area (Å²) in [6, 6.07) is 0. The van der Waals surface area contributed by atoms with Crippen molar-refractivity contribution in [3.05, 3.63) is 0 Å². The third-order valence-electron chi connectivity index (χ3n) is 0.985. The molecule has 0 heterocycles. The van der Waals surface area contributed by atoms with E-state index in [1.165, 1.54) is 0 Å². The van der Waals surface area contributed by atoms with E-state index in [9.17, 15) is 4.79 Å². The Balaban J connectivity index is 3.63. The Morgan fingerprint density at radius 1 is 1.67 bits per heavy atom. The fraction of sp³-hybridized carbons (Fsp3) is 0.857. The molecule has 0 aliphatic heterocycles. The second kappa shape index (κ2) is 5.60. The Labute approximate surface area is 58.7 Å². The predicted octanol–water partition coefficient (Wildman–Crippen LogP) is 2.04. The summed E-state index contributed by atoms with van der Waals surface area (Å²) in [6.07, 6.45) is 0.240. The van der Waals surface area contributed by atoms with Crippen molar-refractivity contribution in [1.82, 2.24) is 0 Å². The van der Waals surface area contributed by atoms with Crippen molar-refractivity contribution in [3.8, 4) is 0 Å². The van der Waals surface area contributed by atoms with Crippen LogP contribution in [0.5, 0.6) is 0 Å². The third kappa shape index (κ3) is 7.47. The van der Waals surface area contributed by atoms with Crippen molar-refractivity contribution in [2.75, 3.05) is 0 Å². The lowest BCUT2D eigenvalue weighted by Crippen LogP contribution is -1.92. The summed E-state index contributed by atoms with van der Waals surface area (Å²) in [5.41, 5.74) is 0. The molecule has 0 rings (SSSR count). The zero-order valence-corrected chi connectivity index (χ0v) is 5.63. The number of rotatable bonds is 5. The van der Waals surface area contributed by atoms with Crippen LogP contribution in [-0.2, 0) is 4.79 Å². The average Bonchev–Trinajstić information content (AvgIpc) is 1.98. The molecule has 0 aromatic rings. The first-order valence-corrected chi connectivity index (χ1v) is 3.17. The molecule has 2 heteroatoms. The number of carboxylic acids is 1. The van der Waals surface area contributed by atoms with E-state index in [0.717, 1.165) is 12.8 Å². The maximum atomic E-state index is 10.2. The van der Waals surface area contributed by atoms with Crippen molar-refractivity contribution in [3.63, 3.8) is 0 Å². The SMILES string of the molecule is [2H][C@H](CCCC)[C@@H]([2H])C(=O)O. The highest BCUT2D eigenvalue weighted by Crippen LogP contribution is 2.01. The molecule has 0 fully saturated rings. The first-order chi connectivity index (χ1) is 5.09. The van der Waals surface area contributed by atoms with E-state index in [2.05, 4.69) is 0 Å². The second-order valence-corrected chi connectivity index (χ2v) is 1.88. The fourth-order valence-electron chi connectivity index (χ4n) is 0.506. The highest BCUT2D eigenvalue weighted by atomic mass is 16.4. The van der Waals surface area contributed by atoms with Crippen LogP contribution in [0.15, 0.2) is 0 Å². The number of aliphatic carboxylic acids is 1. The van der Waals surface area contributed by atoms with Crippen LogP contribution in [0.25, 0.3) is 0 Å². The van der Waals surface area contributed by atoms with Crippen LogP contribution in [-0.4, -0.2) is 11.1 Å². The van der Waals surface area contributed by atoms with Crippen molar-refractivity contribution in [2.45, 2.75) is 39.0 Å². The molecule has 2 nitrogen and oxygen atoms in total. The van der Waals surface area contributed by atoms with E-state index in [-0.39, 0.29) is 0 Å². The summed E-state index contributed by atoms with van der Waals surface area (Å²) < 4.78 is 14.3. The maximum absolute atomic E-state index is 10.2. The molecule has 0 radical (unpaired) electrons. The van der Waals surface area contributed by atoms with Crippen molar-refractivity contribution in [1.29, 1.82) is 0 Å². The molecular weight excluding hydrogens is 116 g/mol. The topological polar surface area (TPSA) is 37.3 Å². The van der Waals surface area contributed by atoms with Crippen LogP contribution >= 0.6 is 0 Å². The highest BCUT2D eigenvalue weighted by Gasteiger charge is 1.93. The van der Waals surface area contributed by atoms with Gasteiger partial charge in [0.05, 0.1) is 0 Å². The van der Waals surface area contributed by atoms with Crippen LogP contribution in [0.3, 0.4) is 0 Å². The first kappa shape index (κ1) is 5.27. The standard InChI is InChI=1S/C7H14O2/c1-2-3-4-5-6-7(8)9/h2-6H2,1H3,(H,8,9)/i5D,6D/t5-,6-/m1/s1. The molecule has 2 atom stereocenters. The van der Waals surface area contributed by atoms with Gasteiger partial charge in [-0.2, -0.15) is 0 Å². The molecule has 0 unspecified atom stereocenters. The van der Waals surface area contributed by atoms with Gasteiger partial charge in [0.15, 0.2) is 0 Å². The molecule has 0 aliphatic carbocycles. The summed E-state index contributed by atoms with van der Waals surface area (Å²) in [5.74, 6) is -1.19. The molecule has 9 heavy (non-hydrogen) atoms. The summed E-state index contributed by atoms with van der Waals surface area (Å²) in [6.45, 7) is 1.98. The van der Waals surface area contributed by atoms with E-state index in [1.54, 1.807) is 0 Å². The van der Waals surface area contributed by atoms with Crippen molar-refractivity contribution in [2.24, 2.45) is 0 Å². The summed E-state index contributed by atoms with van der Waals surface area (Å²) >= 11 is 0. The molecule has 54 valence electrons. The normalized spacial score (nSPS) is 19.7. The molecule has 0 saturated carbocycles. The van der Waals surface area contributed by atoms with E-state index >= 15 is 0 Å². The summed E-state index contributed by atoms with van der Waals surface area (Å²) in [7, 11) is 0. The van der Waals surface area contributed by atoms with E-state index in [0.29, 0.717) is 6.42 Å². The Hall–Kier alpha value is -0.530. The van der Waals surface area contributed by atoms with Crippen LogP contribution in [0.4, 0.5) is 0 Å². The Kier molecular flexibility index (Phi) is 3.28. The molecule has 0 aliphatic rings. The number of unbranched alkanes of at least 4 members (excludes halogenated alkanes) is 1. The minimum atomic E-state index is -1.28. The Bertz CT molecular complexity index is 128. The van der Waals surface area contributed by atoms with Gasteiger partial charge in [-0.25, -0.2) is 0 Å². The van der Waals surface area contributed by atoms with Gasteiger partial charge in [0.1, 0.15) is 0 Å². The van der Waals surface area contributed by atoms with Gasteiger partial charge in [0, 0.05) is 9.14 Å². The van der Waals surface area contributed by atoms with Gasteiger partial charge in [-0.1, -0.05) is 26.2 Å². The Morgan fingerprint density at radius 3 is 2.78 bits per heavy atom. The van der Waals surface area contributed by atoms with Gasteiger partial charge in [0.2, 0.25) is 0 Å².